The Morgan fingerprint density at radius 1 is 0.895 bits per heavy atom. The zero-order chi connectivity index (χ0) is 14.2. The molecular formula is C17H30O2. The summed E-state index contributed by atoms with van der Waals surface area (Å²) in [7, 11) is 0. The monoisotopic (exact) mass is 266 g/mol. The van der Waals surface area contributed by atoms with Crippen molar-refractivity contribution in [1.82, 2.24) is 0 Å². The number of esters is 1. The summed E-state index contributed by atoms with van der Waals surface area (Å²) in [6.07, 6.45) is 18.7. The van der Waals surface area contributed by atoms with Gasteiger partial charge in [-0.15, -0.1) is 0 Å². The van der Waals surface area contributed by atoms with Crippen LogP contribution in [0.2, 0.25) is 0 Å². The summed E-state index contributed by atoms with van der Waals surface area (Å²) in [5, 5.41) is 0. The van der Waals surface area contributed by atoms with E-state index >= 15 is 0 Å². The summed E-state index contributed by atoms with van der Waals surface area (Å²) in [5.41, 5.74) is 0. The van der Waals surface area contributed by atoms with E-state index in [-0.39, 0.29) is 5.97 Å². The molecule has 19 heavy (non-hydrogen) atoms. The van der Waals surface area contributed by atoms with E-state index in [1.165, 1.54) is 32.1 Å². The third-order valence-electron chi connectivity index (χ3n) is 2.90. The first kappa shape index (κ1) is 17.9. The smallest absolute Gasteiger partial charge is 0.305 e. The lowest BCUT2D eigenvalue weighted by atomic mass is 10.1. The standard InChI is InChI=1S/C17H30O2/c1-3-5-6-7-8-9-10-11-12-13-14-15-16-17(18)19-4-2/h6-9H,3-5,10-16H2,1-2H3. The number of carbonyl (C=O) groups is 1. The summed E-state index contributed by atoms with van der Waals surface area (Å²) in [5.74, 6) is -0.0516. The Labute approximate surface area is 118 Å². The quantitative estimate of drug-likeness (QED) is 0.276. The predicted molar refractivity (Wildman–Crippen MR) is 82.1 cm³/mol. The van der Waals surface area contributed by atoms with E-state index in [9.17, 15) is 4.79 Å². The largest absolute Gasteiger partial charge is 0.466 e. The fraction of sp³-hybridized carbons (Fsp3) is 0.706. The fourth-order valence-electron chi connectivity index (χ4n) is 1.81. The van der Waals surface area contributed by atoms with Crippen molar-refractivity contribution in [3.63, 3.8) is 0 Å². The molecule has 0 unspecified atom stereocenters. The van der Waals surface area contributed by atoms with E-state index in [1.807, 2.05) is 6.92 Å². The van der Waals surface area contributed by atoms with Crippen LogP contribution in [0.3, 0.4) is 0 Å². The first-order chi connectivity index (χ1) is 9.31. The molecule has 0 aliphatic rings. The normalized spacial score (nSPS) is 11.5. The van der Waals surface area contributed by atoms with Gasteiger partial charge in [-0.25, -0.2) is 0 Å². The molecule has 0 spiro atoms. The van der Waals surface area contributed by atoms with Gasteiger partial charge < -0.3 is 4.74 Å². The highest BCUT2D eigenvalue weighted by atomic mass is 16.5. The van der Waals surface area contributed by atoms with Gasteiger partial charge >= 0.3 is 5.97 Å². The Balaban J connectivity index is 3.20. The second-order valence-corrected chi connectivity index (χ2v) is 4.76. The lowest BCUT2D eigenvalue weighted by molar-refractivity contribution is -0.143. The molecule has 0 radical (unpaired) electrons. The number of hydrogen-bond acceptors (Lipinski definition) is 2. The van der Waals surface area contributed by atoms with Gasteiger partial charge in [0.25, 0.3) is 0 Å². The third-order valence-corrected chi connectivity index (χ3v) is 2.90. The number of carbonyl (C=O) groups excluding carboxylic acids is 1. The van der Waals surface area contributed by atoms with Crippen LogP contribution < -0.4 is 0 Å². The molecule has 0 saturated heterocycles. The van der Waals surface area contributed by atoms with Crippen LogP contribution in [0.5, 0.6) is 0 Å². The molecule has 0 N–H and O–H groups in total. The second-order valence-electron chi connectivity index (χ2n) is 4.76. The number of unbranched alkanes of at least 4 members (excludes halogenated alkanes) is 6. The number of allylic oxidation sites excluding steroid dienone is 4. The maximum atomic E-state index is 11.1. The second kappa shape index (κ2) is 15.0. The Morgan fingerprint density at radius 2 is 1.53 bits per heavy atom. The first-order valence-corrected chi connectivity index (χ1v) is 7.78. The predicted octanol–water partition coefficient (Wildman–Crippen LogP) is 5.19. The van der Waals surface area contributed by atoms with Crippen LogP contribution in [0.4, 0.5) is 0 Å². The topological polar surface area (TPSA) is 26.3 Å². The average Bonchev–Trinajstić information content (AvgIpc) is 2.40. The minimum Gasteiger partial charge on any atom is -0.466 e. The molecule has 0 aromatic rings. The Kier molecular flexibility index (Phi) is 14.2. The molecule has 0 saturated carbocycles. The molecule has 0 rings (SSSR count). The van der Waals surface area contributed by atoms with Crippen molar-refractivity contribution in [1.29, 1.82) is 0 Å². The minimum absolute atomic E-state index is 0.0516. The Hall–Kier alpha value is -1.05. The van der Waals surface area contributed by atoms with Crippen LogP contribution in [0.25, 0.3) is 0 Å². The van der Waals surface area contributed by atoms with Gasteiger partial charge in [-0.05, 0) is 32.6 Å². The number of rotatable bonds is 12. The highest BCUT2D eigenvalue weighted by molar-refractivity contribution is 5.69. The van der Waals surface area contributed by atoms with Gasteiger partial charge in [0.05, 0.1) is 6.61 Å². The third kappa shape index (κ3) is 14.9. The average molecular weight is 266 g/mol. The maximum absolute atomic E-state index is 11.1. The minimum atomic E-state index is -0.0516. The van der Waals surface area contributed by atoms with E-state index < -0.39 is 0 Å². The van der Waals surface area contributed by atoms with E-state index in [0.717, 1.165) is 19.3 Å². The van der Waals surface area contributed by atoms with Crippen LogP contribution in [-0.4, -0.2) is 12.6 Å². The lowest BCUT2D eigenvalue weighted by Gasteiger charge is -2.01. The number of ether oxygens (including phenoxy) is 1. The zero-order valence-electron chi connectivity index (χ0n) is 12.7. The van der Waals surface area contributed by atoms with Crippen molar-refractivity contribution in [2.75, 3.05) is 6.61 Å². The van der Waals surface area contributed by atoms with Gasteiger partial charge in [0, 0.05) is 6.42 Å². The molecule has 0 aliphatic heterocycles. The van der Waals surface area contributed by atoms with Crippen molar-refractivity contribution in [2.45, 2.75) is 71.6 Å². The summed E-state index contributed by atoms with van der Waals surface area (Å²) >= 11 is 0. The van der Waals surface area contributed by atoms with Gasteiger partial charge in [-0.2, -0.15) is 0 Å². The molecule has 0 bridgehead atoms. The van der Waals surface area contributed by atoms with Gasteiger partial charge in [-0.1, -0.05) is 56.9 Å². The molecule has 110 valence electrons. The first-order valence-electron chi connectivity index (χ1n) is 7.78. The molecule has 0 aromatic heterocycles. The van der Waals surface area contributed by atoms with E-state index in [1.54, 1.807) is 0 Å². The van der Waals surface area contributed by atoms with Crippen LogP contribution in [0.1, 0.15) is 71.6 Å². The Morgan fingerprint density at radius 3 is 2.21 bits per heavy atom. The summed E-state index contributed by atoms with van der Waals surface area (Å²) in [6, 6.07) is 0. The molecule has 0 atom stereocenters. The zero-order valence-corrected chi connectivity index (χ0v) is 12.7. The van der Waals surface area contributed by atoms with Gasteiger partial charge in [-0.3, -0.25) is 4.79 Å². The van der Waals surface area contributed by atoms with Gasteiger partial charge in [0.1, 0.15) is 0 Å². The Bertz CT molecular complexity index is 254. The van der Waals surface area contributed by atoms with E-state index in [0.29, 0.717) is 13.0 Å². The summed E-state index contributed by atoms with van der Waals surface area (Å²) < 4.78 is 4.89. The van der Waals surface area contributed by atoms with E-state index in [2.05, 4.69) is 31.2 Å². The summed E-state index contributed by atoms with van der Waals surface area (Å²) in [6.45, 7) is 4.54. The van der Waals surface area contributed by atoms with Crippen LogP contribution >= 0.6 is 0 Å². The summed E-state index contributed by atoms with van der Waals surface area (Å²) in [4.78, 5) is 11.1. The molecule has 2 nitrogen and oxygen atoms in total. The lowest BCUT2D eigenvalue weighted by Crippen LogP contribution is -2.03. The molecule has 0 aliphatic carbocycles. The molecule has 0 aromatic carbocycles. The van der Waals surface area contributed by atoms with Crippen molar-refractivity contribution in [3.8, 4) is 0 Å². The van der Waals surface area contributed by atoms with Gasteiger partial charge in [0.15, 0.2) is 0 Å². The van der Waals surface area contributed by atoms with Crippen molar-refractivity contribution in [2.24, 2.45) is 0 Å². The van der Waals surface area contributed by atoms with Crippen molar-refractivity contribution < 1.29 is 9.53 Å². The molecule has 0 amide bonds. The molecule has 2 heteroatoms. The maximum Gasteiger partial charge on any atom is 0.305 e. The van der Waals surface area contributed by atoms with Crippen molar-refractivity contribution >= 4 is 5.97 Å². The molecular weight excluding hydrogens is 236 g/mol. The fourth-order valence-corrected chi connectivity index (χ4v) is 1.81. The van der Waals surface area contributed by atoms with Crippen LogP contribution in [0.15, 0.2) is 24.3 Å². The van der Waals surface area contributed by atoms with Crippen LogP contribution in [-0.2, 0) is 9.53 Å². The molecule has 0 fully saturated rings. The highest BCUT2D eigenvalue weighted by Gasteiger charge is 1.99. The van der Waals surface area contributed by atoms with E-state index in [4.69, 9.17) is 4.74 Å². The number of hydrogen-bond donors (Lipinski definition) is 0. The van der Waals surface area contributed by atoms with Gasteiger partial charge in [0.2, 0.25) is 0 Å². The van der Waals surface area contributed by atoms with Crippen LogP contribution in [0, 0.1) is 0 Å². The highest BCUT2D eigenvalue weighted by Crippen LogP contribution is 2.08. The SMILES string of the molecule is CCCC=CC=CCCCCCCCC(=O)OCC. The van der Waals surface area contributed by atoms with Crippen molar-refractivity contribution in [3.05, 3.63) is 24.3 Å². The molecule has 0 heterocycles.